The number of rotatable bonds is 7. The molecule has 0 saturated carbocycles. The SMILES string of the molecule is NC(=O)c1c(OCc2c(F)cc(Br)cc2F)nsc1Nc1ccc(N2CCNCC2)cn1. The summed E-state index contributed by atoms with van der Waals surface area (Å²) in [7, 11) is 0. The van der Waals surface area contributed by atoms with Crippen LogP contribution in [0.5, 0.6) is 5.88 Å². The average Bonchev–Trinajstić information content (AvgIpc) is 3.17. The molecule has 12 heteroatoms. The Morgan fingerprint density at radius 1 is 1.28 bits per heavy atom. The average molecular weight is 525 g/mol. The van der Waals surface area contributed by atoms with E-state index >= 15 is 0 Å². The van der Waals surface area contributed by atoms with E-state index in [1.165, 1.54) is 0 Å². The molecular weight excluding hydrogens is 506 g/mol. The fourth-order valence-corrected chi connectivity index (χ4v) is 4.36. The van der Waals surface area contributed by atoms with Gasteiger partial charge in [-0.1, -0.05) is 15.9 Å². The molecule has 3 aromatic rings. The first-order valence-corrected chi connectivity index (χ1v) is 11.2. The summed E-state index contributed by atoms with van der Waals surface area (Å²) in [5.74, 6) is -1.96. The Kier molecular flexibility index (Phi) is 6.82. The van der Waals surface area contributed by atoms with Crippen molar-refractivity contribution < 1.29 is 18.3 Å². The van der Waals surface area contributed by atoms with Crippen LogP contribution in [0.1, 0.15) is 15.9 Å². The van der Waals surface area contributed by atoms with Crippen molar-refractivity contribution in [3.05, 3.63) is 57.7 Å². The molecule has 1 aliphatic rings. The maximum atomic E-state index is 14.0. The quantitative estimate of drug-likeness (QED) is 0.434. The van der Waals surface area contributed by atoms with Gasteiger partial charge in [-0.2, -0.15) is 4.37 Å². The van der Waals surface area contributed by atoms with Gasteiger partial charge in [-0.25, -0.2) is 13.8 Å². The molecule has 0 aliphatic carbocycles. The number of ether oxygens (including phenoxy) is 1. The lowest BCUT2D eigenvalue weighted by Gasteiger charge is -2.29. The first-order chi connectivity index (χ1) is 15.4. The van der Waals surface area contributed by atoms with Crippen molar-refractivity contribution in [2.24, 2.45) is 5.73 Å². The summed E-state index contributed by atoms with van der Waals surface area (Å²) in [5, 5.41) is 6.63. The molecule has 1 fully saturated rings. The van der Waals surface area contributed by atoms with Gasteiger partial charge in [-0.05, 0) is 35.8 Å². The molecule has 1 aliphatic heterocycles. The monoisotopic (exact) mass is 524 g/mol. The molecule has 168 valence electrons. The number of primary amides is 1. The Labute approximate surface area is 195 Å². The van der Waals surface area contributed by atoms with E-state index < -0.39 is 24.1 Å². The number of pyridine rings is 1. The molecule has 0 spiro atoms. The predicted molar refractivity (Wildman–Crippen MR) is 122 cm³/mol. The number of nitrogens with zero attached hydrogens (tertiary/aromatic N) is 3. The highest BCUT2D eigenvalue weighted by Gasteiger charge is 2.22. The first kappa shape index (κ1) is 22.4. The number of anilines is 3. The van der Waals surface area contributed by atoms with Crippen molar-refractivity contribution >= 4 is 49.9 Å². The molecule has 1 amide bonds. The van der Waals surface area contributed by atoms with Crippen LogP contribution in [0.4, 0.5) is 25.3 Å². The number of benzene rings is 1. The highest BCUT2D eigenvalue weighted by Crippen LogP contribution is 2.33. The number of piperazine rings is 1. The van der Waals surface area contributed by atoms with Crippen molar-refractivity contribution in [2.45, 2.75) is 6.61 Å². The second-order valence-electron chi connectivity index (χ2n) is 6.96. The third-order valence-electron chi connectivity index (χ3n) is 4.84. The summed E-state index contributed by atoms with van der Waals surface area (Å²) in [4.78, 5) is 18.6. The summed E-state index contributed by atoms with van der Waals surface area (Å²) < 4.78 is 37.9. The summed E-state index contributed by atoms with van der Waals surface area (Å²) in [6.45, 7) is 3.18. The van der Waals surface area contributed by atoms with Gasteiger partial charge in [0.2, 0.25) is 5.88 Å². The van der Waals surface area contributed by atoms with E-state index in [-0.39, 0.29) is 21.5 Å². The predicted octanol–water partition coefficient (Wildman–Crippen LogP) is 3.41. The van der Waals surface area contributed by atoms with E-state index in [1.54, 1.807) is 12.3 Å². The van der Waals surface area contributed by atoms with Crippen LogP contribution >= 0.6 is 27.5 Å². The van der Waals surface area contributed by atoms with Crippen LogP contribution in [0.3, 0.4) is 0 Å². The number of carbonyl (C=O) groups is 1. The number of aromatic nitrogens is 2. The van der Waals surface area contributed by atoms with Gasteiger partial charge in [0.05, 0.1) is 17.4 Å². The minimum absolute atomic E-state index is 0.0130. The Balaban J connectivity index is 1.49. The second kappa shape index (κ2) is 9.76. The number of halogens is 3. The number of carbonyl (C=O) groups excluding carboxylic acids is 1. The third-order valence-corrected chi connectivity index (χ3v) is 6.04. The molecule has 2 aromatic heterocycles. The van der Waals surface area contributed by atoms with Crippen LogP contribution in [0.15, 0.2) is 34.9 Å². The molecule has 0 unspecified atom stereocenters. The molecule has 4 rings (SSSR count). The summed E-state index contributed by atoms with van der Waals surface area (Å²) in [5.41, 5.74) is 6.21. The third kappa shape index (κ3) is 4.97. The Hall–Kier alpha value is -2.83. The molecule has 0 bridgehead atoms. The van der Waals surface area contributed by atoms with Crippen LogP contribution in [-0.2, 0) is 6.61 Å². The van der Waals surface area contributed by atoms with Gasteiger partial charge in [0.1, 0.15) is 34.6 Å². The highest BCUT2D eigenvalue weighted by molar-refractivity contribution is 9.10. The molecule has 0 atom stereocenters. The Morgan fingerprint density at radius 2 is 2.00 bits per heavy atom. The first-order valence-electron chi connectivity index (χ1n) is 9.67. The Morgan fingerprint density at radius 3 is 2.62 bits per heavy atom. The van der Waals surface area contributed by atoms with Crippen LogP contribution in [0, 0.1) is 11.6 Å². The zero-order chi connectivity index (χ0) is 22.7. The van der Waals surface area contributed by atoms with Crippen molar-refractivity contribution in [3.63, 3.8) is 0 Å². The molecular formula is C20H19BrF2N6O2S. The zero-order valence-electron chi connectivity index (χ0n) is 16.7. The van der Waals surface area contributed by atoms with Crippen molar-refractivity contribution in [1.82, 2.24) is 14.7 Å². The van der Waals surface area contributed by atoms with Gasteiger partial charge in [0, 0.05) is 30.7 Å². The molecule has 8 nitrogen and oxygen atoms in total. The number of nitrogens with one attached hydrogen (secondary N) is 2. The number of amides is 1. The highest BCUT2D eigenvalue weighted by atomic mass is 79.9. The maximum absolute atomic E-state index is 14.0. The van der Waals surface area contributed by atoms with Crippen LogP contribution < -0.4 is 26.0 Å². The number of hydrogen-bond donors (Lipinski definition) is 3. The number of hydrogen-bond acceptors (Lipinski definition) is 8. The largest absolute Gasteiger partial charge is 0.471 e. The van der Waals surface area contributed by atoms with Gasteiger partial charge < -0.3 is 26.0 Å². The summed E-state index contributed by atoms with van der Waals surface area (Å²) in [6, 6.07) is 5.97. The molecule has 0 radical (unpaired) electrons. The minimum Gasteiger partial charge on any atom is -0.471 e. The van der Waals surface area contributed by atoms with Crippen LogP contribution in [-0.4, -0.2) is 41.4 Å². The topological polar surface area (TPSA) is 105 Å². The van der Waals surface area contributed by atoms with E-state index in [4.69, 9.17) is 10.5 Å². The normalized spacial score (nSPS) is 13.8. The molecule has 32 heavy (non-hydrogen) atoms. The maximum Gasteiger partial charge on any atom is 0.257 e. The lowest BCUT2D eigenvalue weighted by molar-refractivity contribution is 0.0996. The van der Waals surface area contributed by atoms with Gasteiger partial charge in [-0.3, -0.25) is 4.79 Å². The lowest BCUT2D eigenvalue weighted by Crippen LogP contribution is -2.43. The van der Waals surface area contributed by atoms with Gasteiger partial charge in [0.25, 0.3) is 5.91 Å². The minimum atomic E-state index is -0.787. The van der Waals surface area contributed by atoms with Crippen LogP contribution in [0.2, 0.25) is 0 Å². The van der Waals surface area contributed by atoms with Crippen molar-refractivity contribution in [2.75, 3.05) is 36.4 Å². The second-order valence-corrected chi connectivity index (χ2v) is 8.65. The van der Waals surface area contributed by atoms with Gasteiger partial charge in [-0.15, -0.1) is 0 Å². The smallest absolute Gasteiger partial charge is 0.257 e. The molecule has 1 aromatic carbocycles. The molecule has 3 heterocycles. The van der Waals surface area contributed by atoms with E-state index in [9.17, 15) is 13.6 Å². The molecule has 1 saturated heterocycles. The Bertz CT molecular complexity index is 1100. The summed E-state index contributed by atoms with van der Waals surface area (Å²) in [6.07, 6.45) is 1.75. The fraction of sp³-hybridized carbons (Fsp3) is 0.250. The van der Waals surface area contributed by atoms with Gasteiger partial charge >= 0.3 is 0 Å². The van der Waals surface area contributed by atoms with E-state index in [1.807, 2.05) is 6.07 Å². The molecule has 4 N–H and O–H groups in total. The standard InChI is InChI=1S/C20H19BrF2N6O2S/c21-11-7-14(22)13(15(23)8-11)10-31-19-17(18(24)30)20(32-28-19)27-16-2-1-12(9-26-16)29-5-3-25-4-6-29/h1-2,7-9,25H,3-6,10H2,(H2,24,30)(H,26,27). The van der Waals surface area contributed by atoms with Crippen molar-refractivity contribution in [3.8, 4) is 5.88 Å². The van der Waals surface area contributed by atoms with Gasteiger partial charge in [0.15, 0.2) is 0 Å². The van der Waals surface area contributed by atoms with E-state index in [2.05, 4.69) is 40.8 Å². The van der Waals surface area contributed by atoms with Crippen molar-refractivity contribution in [1.29, 1.82) is 0 Å². The lowest BCUT2D eigenvalue weighted by atomic mass is 10.2. The zero-order valence-corrected chi connectivity index (χ0v) is 19.1. The van der Waals surface area contributed by atoms with E-state index in [0.29, 0.717) is 10.8 Å². The summed E-state index contributed by atoms with van der Waals surface area (Å²) >= 11 is 3.96. The van der Waals surface area contributed by atoms with E-state index in [0.717, 1.165) is 55.5 Å². The van der Waals surface area contributed by atoms with Crippen LogP contribution in [0.25, 0.3) is 0 Å². The number of nitrogens with two attached hydrogens (primary N) is 1. The fourth-order valence-electron chi connectivity index (χ4n) is 3.21.